The van der Waals surface area contributed by atoms with E-state index in [0.29, 0.717) is 5.92 Å². The van der Waals surface area contributed by atoms with Crippen molar-refractivity contribution in [1.82, 2.24) is 9.97 Å². The summed E-state index contributed by atoms with van der Waals surface area (Å²) in [6, 6.07) is 21.1. The van der Waals surface area contributed by atoms with Gasteiger partial charge in [-0.15, -0.1) is 0 Å². The van der Waals surface area contributed by atoms with Gasteiger partial charge in [0.2, 0.25) is 0 Å². The number of fused-ring (bicyclic) bond motifs is 1. The van der Waals surface area contributed by atoms with Gasteiger partial charge in [0.05, 0.1) is 0 Å². The molecule has 2 aliphatic rings. The van der Waals surface area contributed by atoms with Crippen LogP contribution in [0.2, 0.25) is 0 Å². The molecule has 0 atom stereocenters. The van der Waals surface area contributed by atoms with Crippen molar-refractivity contribution < 1.29 is 0 Å². The van der Waals surface area contributed by atoms with Gasteiger partial charge < -0.3 is 10.2 Å². The van der Waals surface area contributed by atoms with Gasteiger partial charge in [-0.3, -0.25) is 0 Å². The van der Waals surface area contributed by atoms with Crippen molar-refractivity contribution in [1.29, 1.82) is 0 Å². The lowest BCUT2D eigenvalue weighted by Crippen LogP contribution is -2.42. The summed E-state index contributed by atoms with van der Waals surface area (Å²) in [5.41, 5.74) is 3.98. The van der Waals surface area contributed by atoms with Crippen molar-refractivity contribution in [3.05, 3.63) is 77.6 Å². The quantitative estimate of drug-likeness (QED) is 0.668. The van der Waals surface area contributed by atoms with Crippen LogP contribution in [0.5, 0.6) is 0 Å². The minimum atomic E-state index is 0.0898. The molecular weight excluding hydrogens is 344 g/mol. The molecule has 4 nitrogen and oxygen atoms in total. The Kier molecular flexibility index (Phi) is 4.08. The molecule has 5 rings (SSSR count). The van der Waals surface area contributed by atoms with Crippen LogP contribution in [0.1, 0.15) is 49.6 Å². The fourth-order valence-corrected chi connectivity index (χ4v) is 4.18. The Morgan fingerprint density at radius 2 is 1.71 bits per heavy atom. The molecule has 1 fully saturated rings. The predicted octanol–water partition coefficient (Wildman–Crippen LogP) is 5.40. The zero-order chi connectivity index (χ0) is 19.1. The monoisotopic (exact) mass is 370 g/mol. The van der Waals surface area contributed by atoms with Crippen LogP contribution in [0.3, 0.4) is 0 Å². The summed E-state index contributed by atoms with van der Waals surface area (Å²) >= 11 is 0. The molecule has 3 aromatic rings. The van der Waals surface area contributed by atoms with E-state index in [1.165, 1.54) is 24.0 Å². The summed E-state index contributed by atoms with van der Waals surface area (Å²) in [7, 11) is 0. The Balaban J connectivity index is 1.51. The molecule has 1 aromatic heterocycles. The Morgan fingerprint density at radius 3 is 2.50 bits per heavy atom. The lowest BCUT2D eigenvalue weighted by molar-refractivity contribution is 0.474. The Hall–Kier alpha value is -2.88. The van der Waals surface area contributed by atoms with Gasteiger partial charge >= 0.3 is 0 Å². The Labute approximate surface area is 166 Å². The van der Waals surface area contributed by atoms with E-state index < -0.39 is 0 Å². The lowest BCUT2D eigenvalue weighted by atomic mass is 9.78. The highest BCUT2D eigenvalue weighted by Gasteiger charge is 2.33. The average Bonchev–Trinajstić information content (AvgIpc) is 3.53. The van der Waals surface area contributed by atoms with Crippen LogP contribution in [0, 0.1) is 0 Å². The molecule has 0 bridgehead atoms. The van der Waals surface area contributed by atoms with Gasteiger partial charge in [0.15, 0.2) is 0 Å². The smallest absolute Gasteiger partial charge is 0.136 e. The standard InChI is InChI=1S/C24H26N4/c1-24(2)16-28(15-18-8-6-7-11-20(18)24)22-14-21(25-19-9-4-3-5-10-19)26-23(27-22)17-12-13-17/h3-11,14,17H,12-13,15-16H2,1-2H3,(H,25,26,27). The summed E-state index contributed by atoms with van der Waals surface area (Å²) in [4.78, 5) is 12.2. The van der Waals surface area contributed by atoms with Crippen LogP contribution < -0.4 is 10.2 Å². The number of hydrogen-bond acceptors (Lipinski definition) is 4. The van der Waals surface area contributed by atoms with E-state index in [9.17, 15) is 0 Å². The fourth-order valence-electron chi connectivity index (χ4n) is 4.18. The van der Waals surface area contributed by atoms with E-state index in [1.807, 2.05) is 18.2 Å². The topological polar surface area (TPSA) is 41.0 Å². The lowest BCUT2D eigenvalue weighted by Gasteiger charge is -2.40. The zero-order valence-electron chi connectivity index (χ0n) is 16.5. The van der Waals surface area contributed by atoms with Gasteiger partial charge in [-0.05, 0) is 36.1 Å². The van der Waals surface area contributed by atoms with Crippen molar-refractivity contribution in [2.45, 2.75) is 44.6 Å². The Morgan fingerprint density at radius 1 is 0.964 bits per heavy atom. The summed E-state index contributed by atoms with van der Waals surface area (Å²) < 4.78 is 0. The maximum Gasteiger partial charge on any atom is 0.136 e. The second kappa shape index (κ2) is 6.62. The van der Waals surface area contributed by atoms with Crippen LogP contribution in [0.15, 0.2) is 60.7 Å². The normalized spacial score (nSPS) is 17.9. The number of benzene rings is 2. The van der Waals surface area contributed by atoms with Gasteiger partial charge in [0.1, 0.15) is 17.5 Å². The van der Waals surface area contributed by atoms with E-state index >= 15 is 0 Å². The highest BCUT2D eigenvalue weighted by Crippen LogP contribution is 2.40. The molecule has 1 N–H and O–H groups in total. The van der Waals surface area contributed by atoms with Gasteiger partial charge in [-0.1, -0.05) is 56.3 Å². The number of aromatic nitrogens is 2. The van der Waals surface area contributed by atoms with E-state index in [1.54, 1.807) is 0 Å². The average molecular weight is 371 g/mol. The first-order valence-electron chi connectivity index (χ1n) is 10.1. The van der Waals surface area contributed by atoms with Gasteiger partial charge in [-0.25, -0.2) is 9.97 Å². The van der Waals surface area contributed by atoms with Crippen LogP contribution in [-0.2, 0) is 12.0 Å². The number of hydrogen-bond donors (Lipinski definition) is 1. The largest absolute Gasteiger partial charge is 0.351 e. The van der Waals surface area contributed by atoms with Crippen LogP contribution in [-0.4, -0.2) is 16.5 Å². The van der Waals surface area contributed by atoms with E-state index in [0.717, 1.165) is 36.2 Å². The molecule has 2 heterocycles. The first-order valence-corrected chi connectivity index (χ1v) is 10.1. The molecular formula is C24H26N4. The third-order valence-corrected chi connectivity index (χ3v) is 5.74. The van der Waals surface area contributed by atoms with Crippen molar-refractivity contribution >= 4 is 17.3 Å². The number of nitrogens with zero attached hydrogens (tertiary/aromatic N) is 3. The zero-order valence-corrected chi connectivity index (χ0v) is 16.5. The number of nitrogens with one attached hydrogen (secondary N) is 1. The summed E-state index contributed by atoms with van der Waals surface area (Å²) in [6.45, 7) is 6.50. The first-order chi connectivity index (χ1) is 13.6. The second-order valence-electron chi connectivity index (χ2n) is 8.63. The maximum absolute atomic E-state index is 4.97. The third-order valence-electron chi connectivity index (χ3n) is 5.74. The van der Waals surface area contributed by atoms with Gasteiger partial charge in [0.25, 0.3) is 0 Å². The summed E-state index contributed by atoms with van der Waals surface area (Å²) in [6.07, 6.45) is 2.39. The molecule has 0 spiro atoms. The SMILES string of the molecule is CC1(C)CN(c2cc(Nc3ccccc3)nc(C3CC3)n2)Cc2ccccc21. The van der Waals surface area contributed by atoms with Crippen molar-refractivity contribution in [2.75, 3.05) is 16.8 Å². The number of anilines is 3. The van der Waals surface area contributed by atoms with Gasteiger partial charge in [0, 0.05) is 36.2 Å². The fraction of sp³-hybridized carbons (Fsp3) is 0.333. The molecule has 1 saturated carbocycles. The molecule has 0 amide bonds. The summed E-state index contributed by atoms with van der Waals surface area (Å²) in [5, 5.41) is 3.47. The maximum atomic E-state index is 4.97. The number of para-hydroxylation sites is 1. The van der Waals surface area contributed by atoms with E-state index in [-0.39, 0.29) is 5.41 Å². The van der Waals surface area contributed by atoms with E-state index in [4.69, 9.17) is 9.97 Å². The molecule has 0 unspecified atom stereocenters. The van der Waals surface area contributed by atoms with E-state index in [2.05, 4.69) is 66.5 Å². The van der Waals surface area contributed by atoms with Crippen molar-refractivity contribution in [2.24, 2.45) is 0 Å². The summed E-state index contributed by atoms with van der Waals surface area (Å²) in [5.74, 6) is 3.40. The number of rotatable bonds is 4. The minimum absolute atomic E-state index is 0.0898. The Bertz CT molecular complexity index is 992. The minimum Gasteiger partial charge on any atom is -0.351 e. The molecule has 0 saturated heterocycles. The molecule has 28 heavy (non-hydrogen) atoms. The first kappa shape index (κ1) is 17.2. The third kappa shape index (κ3) is 3.35. The molecule has 1 aliphatic heterocycles. The molecule has 0 radical (unpaired) electrons. The van der Waals surface area contributed by atoms with Crippen molar-refractivity contribution in [3.63, 3.8) is 0 Å². The predicted molar refractivity (Wildman–Crippen MR) is 114 cm³/mol. The van der Waals surface area contributed by atoms with Crippen LogP contribution in [0.4, 0.5) is 17.3 Å². The van der Waals surface area contributed by atoms with Crippen LogP contribution in [0.25, 0.3) is 0 Å². The molecule has 1 aliphatic carbocycles. The van der Waals surface area contributed by atoms with Crippen LogP contribution >= 0.6 is 0 Å². The second-order valence-corrected chi connectivity index (χ2v) is 8.63. The highest BCUT2D eigenvalue weighted by molar-refractivity contribution is 5.60. The highest BCUT2D eigenvalue weighted by atomic mass is 15.2. The van der Waals surface area contributed by atoms with Gasteiger partial charge in [-0.2, -0.15) is 0 Å². The van der Waals surface area contributed by atoms with Crippen molar-refractivity contribution in [3.8, 4) is 0 Å². The molecule has 4 heteroatoms. The molecule has 2 aromatic carbocycles. The molecule has 142 valence electrons.